The smallest absolute Gasteiger partial charge is 0.0415 e. The molecule has 24 heavy (non-hydrogen) atoms. The van der Waals surface area contributed by atoms with Crippen molar-refractivity contribution < 1.29 is 0 Å². The predicted octanol–water partition coefficient (Wildman–Crippen LogP) is 0.831. The topological polar surface area (TPSA) is 37.0 Å². The fourth-order valence-corrected chi connectivity index (χ4v) is 3.59. The Labute approximate surface area is 149 Å². The van der Waals surface area contributed by atoms with Crippen LogP contribution in [-0.2, 0) is 0 Å². The van der Waals surface area contributed by atoms with Crippen molar-refractivity contribution in [2.24, 2.45) is 0 Å². The van der Waals surface area contributed by atoms with E-state index in [1.807, 2.05) is 0 Å². The van der Waals surface area contributed by atoms with Crippen LogP contribution in [0.5, 0.6) is 0 Å². The summed E-state index contributed by atoms with van der Waals surface area (Å²) >= 11 is 0. The first-order chi connectivity index (χ1) is 11.7. The average Bonchev–Trinajstić information content (AvgIpc) is 3.25. The van der Waals surface area contributed by atoms with Crippen LogP contribution in [-0.4, -0.2) is 99.4 Å². The summed E-state index contributed by atoms with van der Waals surface area (Å²) in [5.74, 6) is 0. The Bertz CT molecular complexity index is 300. The summed E-state index contributed by atoms with van der Waals surface area (Å²) in [4.78, 5) is 7.43. The fraction of sp³-hybridized carbons (Fsp3) is 1.00. The molecule has 0 aromatic rings. The molecule has 142 valence electrons. The number of hydrogen-bond donors (Lipinski definition) is 2. The summed E-state index contributed by atoms with van der Waals surface area (Å²) in [5.41, 5.74) is 7.19. The summed E-state index contributed by atoms with van der Waals surface area (Å²) in [6, 6.07) is 0. The molecule has 2 saturated heterocycles. The van der Waals surface area contributed by atoms with E-state index in [1.165, 1.54) is 77.8 Å². The standard InChI is InChI=1S/C18H40N6/c1-21(2)11-7-9-19-24(18-17-23-14-5-6-15-23)20-10-8-16-22-12-3-4-13-22/h19-20H,3-18H2,1-2H3. The quantitative estimate of drug-likeness (QED) is 0.382. The Balaban J connectivity index is 1.58. The molecule has 0 aromatic heterocycles. The highest BCUT2D eigenvalue weighted by atomic mass is 15.7. The summed E-state index contributed by atoms with van der Waals surface area (Å²) in [6.07, 6.45) is 7.95. The second-order valence-corrected chi connectivity index (χ2v) is 7.58. The fourth-order valence-electron chi connectivity index (χ4n) is 3.59. The molecule has 6 nitrogen and oxygen atoms in total. The first kappa shape index (κ1) is 20.1. The van der Waals surface area contributed by atoms with Crippen LogP contribution in [0.2, 0.25) is 0 Å². The van der Waals surface area contributed by atoms with Gasteiger partial charge in [0.2, 0.25) is 0 Å². The number of likely N-dealkylation sites (tertiary alicyclic amines) is 2. The van der Waals surface area contributed by atoms with Crippen LogP contribution in [0.25, 0.3) is 0 Å². The van der Waals surface area contributed by atoms with E-state index in [-0.39, 0.29) is 0 Å². The van der Waals surface area contributed by atoms with Crippen molar-refractivity contribution in [2.75, 3.05) is 79.5 Å². The maximum Gasteiger partial charge on any atom is 0.0415 e. The Morgan fingerprint density at radius 2 is 1.25 bits per heavy atom. The van der Waals surface area contributed by atoms with Gasteiger partial charge in [-0.15, -0.1) is 0 Å². The lowest BCUT2D eigenvalue weighted by Crippen LogP contribution is -2.52. The summed E-state index contributed by atoms with van der Waals surface area (Å²) in [5, 5.41) is 2.25. The number of rotatable bonds is 13. The molecule has 0 unspecified atom stereocenters. The minimum atomic E-state index is 1.04. The minimum absolute atomic E-state index is 1.04. The van der Waals surface area contributed by atoms with Crippen LogP contribution in [0.3, 0.4) is 0 Å². The van der Waals surface area contributed by atoms with Crippen LogP contribution < -0.4 is 10.9 Å². The second-order valence-electron chi connectivity index (χ2n) is 7.58. The molecule has 0 atom stereocenters. The van der Waals surface area contributed by atoms with Gasteiger partial charge in [0.25, 0.3) is 0 Å². The third-order valence-corrected chi connectivity index (χ3v) is 5.08. The van der Waals surface area contributed by atoms with Crippen molar-refractivity contribution >= 4 is 0 Å². The molecule has 0 aliphatic carbocycles. The van der Waals surface area contributed by atoms with Gasteiger partial charge in [0, 0.05) is 26.2 Å². The molecule has 0 saturated carbocycles. The van der Waals surface area contributed by atoms with E-state index < -0.39 is 0 Å². The molecule has 2 aliphatic rings. The van der Waals surface area contributed by atoms with Crippen molar-refractivity contribution in [3.8, 4) is 0 Å². The summed E-state index contributed by atoms with van der Waals surface area (Å²) in [7, 11) is 4.28. The van der Waals surface area contributed by atoms with E-state index in [1.54, 1.807) is 0 Å². The van der Waals surface area contributed by atoms with Gasteiger partial charge < -0.3 is 14.7 Å². The number of nitrogens with one attached hydrogen (secondary N) is 2. The molecular formula is C18H40N6. The zero-order valence-corrected chi connectivity index (χ0v) is 16.1. The third kappa shape index (κ3) is 8.74. The number of nitrogens with zero attached hydrogens (tertiary/aromatic N) is 4. The molecule has 2 heterocycles. The van der Waals surface area contributed by atoms with Crippen molar-refractivity contribution in [1.29, 1.82) is 0 Å². The Morgan fingerprint density at radius 1 is 0.708 bits per heavy atom. The first-order valence-electron chi connectivity index (χ1n) is 10.1. The Hall–Kier alpha value is -0.240. The SMILES string of the molecule is CN(C)CCCNN(CCN1CCCC1)NCCCN1CCCC1. The van der Waals surface area contributed by atoms with E-state index in [2.05, 4.69) is 44.8 Å². The molecule has 0 radical (unpaired) electrons. The Morgan fingerprint density at radius 3 is 1.83 bits per heavy atom. The summed E-state index contributed by atoms with van der Waals surface area (Å²) < 4.78 is 0. The van der Waals surface area contributed by atoms with Crippen LogP contribution in [0.4, 0.5) is 0 Å². The van der Waals surface area contributed by atoms with E-state index in [9.17, 15) is 0 Å². The molecule has 0 bridgehead atoms. The normalized spacial score (nSPS) is 20.0. The lowest BCUT2D eigenvalue weighted by atomic mass is 10.4. The van der Waals surface area contributed by atoms with Gasteiger partial charge >= 0.3 is 0 Å². The highest BCUT2D eigenvalue weighted by Gasteiger charge is 2.14. The molecule has 2 rings (SSSR count). The predicted molar refractivity (Wildman–Crippen MR) is 102 cm³/mol. The van der Waals surface area contributed by atoms with Crippen molar-refractivity contribution in [1.82, 2.24) is 30.7 Å². The van der Waals surface area contributed by atoms with E-state index in [4.69, 9.17) is 0 Å². The number of hydrogen-bond acceptors (Lipinski definition) is 6. The minimum Gasteiger partial charge on any atom is -0.309 e. The van der Waals surface area contributed by atoms with Gasteiger partial charge in [-0.1, -0.05) is 0 Å². The van der Waals surface area contributed by atoms with Crippen LogP contribution >= 0.6 is 0 Å². The van der Waals surface area contributed by atoms with Crippen molar-refractivity contribution in [3.63, 3.8) is 0 Å². The second kappa shape index (κ2) is 12.2. The van der Waals surface area contributed by atoms with Crippen LogP contribution in [0.1, 0.15) is 38.5 Å². The number of hydrazine groups is 2. The molecule has 2 aliphatic heterocycles. The van der Waals surface area contributed by atoms with E-state index in [0.29, 0.717) is 0 Å². The van der Waals surface area contributed by atoms with Crippen LogP contribution in [0, 0.1) is 0 Å². The monoisotopic (exact) mass is 340 g/mol. The Kier molecular flexibility index (Phi) is 10.2. The summed E-state index contributed by atoms with van der Waals surface area (Å²) in [6.45, 7) is 11.9. The molecule has 2 N–H and O–H groups in total. The lowest BCUT2D eigenvalue weighted by molar-refractivity contribution is 0.0951. The highest BCUT2D eigenvalue weighted by molar-refractivity contribution is 4.68. The van der Waals surface area contributed by atoms with Crippen molar-refractivity contribution in [2.45, 2.75) is 38.5 Å². The van der Waals surface area contributed by atoms with Crippen molar-refractivity contribution in [3.05, 3.63) is 0 Å². The van der Waals surface area contributed by atoms with Gasteiger partial charge in [0.1, 0.15) is 0 Å². The molecular weight excluding hydrogens is 300 g/mol. The zero-order chi connectivity index (χ0) is 17.0. The average molecular weight is 341 g/mol. The molecule has 6 heteroatoms. The molecule has 0 spiro atoms. The molecule has 2 fully saturated rings. The molecule has 0 aromatic carbocycles. The zero-order valence-electron chi connectivity index (χ0n) is 16.1. The maximum atomic E-state index is 3.61. The molecule has 0 amide bonds. The van der Waals surface area contributed by atoms with E-state index >= 15 is 0 Å². The highest BCUT2D eigenvalue weighted by Crippen LogP contribution is 2.07. The van der Waals surface area contributed by atoms with E-state index in [0.717, 1.165) is 26.2 Å². The first-order valence-corrected chi connectivity index (χ1v) is 10.1. The largest absolute Gasteiger partial charge is 0.309 e. The van der Waals surface area contributed by atoms with Gasteiger partial charge in [-0.25, -0.2) is 10.9 Å². The van der Waals surface area contributed by atoms with Gasteiger partial charge in [-0.05, 0) is 91.9 Å². The van der Waals surface area contributed by atoms with Gasteiger partial charge in [0.05, 0.1) is 0 Å². The third-order valence-electron chi connectivity index (χ3n) is 5.08. The van der Waals surface area contributed by atoms with Gasteiger partial charge in [-0.3, -0.25) is 0 Å². The maximum absolute atomic E-state index is 3.61. The van der Waals surface area contributed by atoms with Gasteiger partial charge in [0.15, 0.2) is 0 Å². The lowest BCUT2D eigenvalue weighted by Gasteiger charge is -2.27. The van der Waals surface area contributed by atoms with Gasteiger partial charge in [-0.2, -0.15) is 5.12 Å². The van der Waals surface area contributed by atoms with Crippen LogP contribution in [0.15, 0.2) is 0 Å².